The number of benzene rings is 1. The molecule has 2 nitrogen and oxygen atoms in total. The van der Waals surface area contributed by atoms with E-state index in [9.17, 15) is 4.39 Å². The van der Waals surface area contributed by atoms with E-state index in [1.54, 1.807) is 12.1 Å². The van der Waals surface area contributed by atoms with Crippen molar-refractivity contribution < 1.29 is 4.39 Å². The van der Waals surface area contributed by atoms with E-state index in [1.165, 1.54) is 5.56 Å². The standard InChI is InChI=1S/C18H29FN2/c1-13-6-7-16(19)10-15(13)11-21-12-17(18(3,4)5)20-9-8-14(21)2/h6-7,10,14,17,20H,8-9,11-12H2,1-5H3. The zero-order chi connectivity index (χ0) is 15.6. The van der Waals surface area contributed by atoms with Crippen molar-refractivity contribution in [3.8, 4) is 0 Å². The molecule has 1 aliphatic rings. The van der Waals surface area contributed by atoms with Gasteiger partial charge in [0.25, 0.3) is 0 Å². The lowest BCUT2D eigenvalue weighted by atomic mass is 9.86. The number of aryl methyl sites for hydroxylation is 1. The van der Waals surface area contributed by atoms with Crippen molar-refractivity contribution in [3.05, 3.63) is 35.1 Å². The number of hydrogen-bond acceptors (Lipinski definition) is 2. The SMILES string of the molecule is Cc1ccc(F)cc1CN1CC(C(C)(C)C)NCCC1C. The van der Waals surface area contributed by atoms with Gasteiger partial charge in [-0.2, -0.15) is 0 Å². The Labute approximate surface area is 128 Å². The van der Waals surface area contributed by atoms with Crippen LogP contribution in [0.3, 0.4) is 0 Å². The van der Waals surface area contributed by atoms with Gasteiger partial charge < -0.3 is 5.32 Å². The van der Waals surface area contributed by atoms with E-state index < -0.39 is 0 Å². The van der Waals surface area contributed by atoms with Gasteiger partial charge in [-0.15, -0.1) is 0 Å². The van der Waals surface area contributed by atoms with Crippen molar-refractivity contribution >= 4 is 0 Å². The Bertz CT molecular complexity index is 479. The summed E-state index contributed by atoms with van der Waals surface area (Å²) in [4.78, 5) is 2.50. The van der Waals surface area contributed by atoms with Crippen LogP contribution < -0.4 is 5.32 Å². The smallest absolute Gasteiger partial charge is 0.123 e. The van der Waals surface area contributed by atoms with Crippen molar-refractivity contribution in [2.24, 2.45) is 5.41 Å². The maximum Gasteiger partial charge on any atom is 0.123 e. The highest BCUT2D eigenvalue weighted by molar-refractivity contribution is 5.26. The molecule has 1 fully saturated rings. The second kappa shape index (κ2) is 6.45. The molecule has 2 atom stereocenters. The Hall–Kier alpha value is -0.930. The molecule has 1 aliphatic heterocycles. The maximum atomic E-state index is 13.5. The van der Waals surface area contributed by atoms with Crippen LogP contribution in [0.5, 0.6) is 0 Å². The first kappa shape index (κ1) is 16.4. The minimum atomic E-state index is -0.136. The highest BCUT2D eigenvalue weighted by Gasteiger charge is 2.30. The van der Waals surface area contributed by atoms with Gasteiger partial charge in [0.2, 0.25) is 0 Å². The van der Waals surface area contributed by atoms with Crippen LogP contribution in [0.15, 0.2) is 18.2 Å². The van der Waals surface area contributed by atoms with Crippen molar-refractivity contribution in [2.45, 2.75) is 59.7 Å². The van der Waals surface area contributed by atoms with Gasteiger partial charge in [0.1, 0.15) is 5.82 Å². The first-order valence-electron chi connectivity index (χ1n) is 8.00. The number of rotatable bonds is 2. The second-order valence-electron chi connectivity index (χ2n) is 7.51. The molecule has 1 N–H and O–H groups in total. The summed E-state index contributed by atoms with van der Waals surface area (Å²) in [6.07, 6.45) is 1.14. The van der Waals surface area contributed by atoms with Crippen molar-refractivity contribution in [1.29, 1.82) is 0 Å². The van der Waals surface area contributed by atoms with E-state index in [-0.39, 0.29) is 11.2 Å². The predicted molar refractivity (Wildman–Crippen MR) is 86.9 cm³/mol. The van der Waals surface area contributed by atoms with Crippen LogP contribution in [0.25, 0.3) is 0 Å². The minimum Gasteiger partial charge on any atom is -0.312 e. The molecule has 1 saturated heterocycles. The van der Waals surface area contributed by atoms with Gasteiger partial charge in [0.05, 0.1) is 0 Å². The Kier molecular flexibility index (Phi) is 5.05. The third kappa shape index (κ3) is 4.27. The molecule has 0 saturated carbocycles. The van der Waals surface area contributed by atoms with E-state index in [1.807, 2.05) is 6.07 Å². The monoisotopic (exact) mass is 292 g/mol. The molecular formula is C18H29FN2. The lowest BCUT2D eigenvalue weighted by molar-refractivity contribution is 0.157. The summed E-state index contributed by atoms with van der Waals surface area (Å²) in [6.45, 7) is 14.1. The summed E-state index contributed by atoms with van der Waals surface area (Å²) < 4.78 is 13.5. The number of hydrogen-bond donors (Lipinski definition) is 1. The molecule has 0 spiro atoms. The Morgan fingerprint density at radius 2 is 2.05 bits per heavy atom. The lowest BCUT2D eigenvalue weighted by Crippen LogP contribution is -2.47. The van der Waals surface area contributed by atoms with Gasteiger partial charge in [-0.05, 0) is 55.5 Å². The summed E-state index contributed by atoms with van der Waals surface area (Å²) in [5.74, 6) is -0.136. The third-order valence-electron chi connectivity index (χ3n) is 4.72. The lowest BCUT2D eigenvalue weighted by Gasteiger charge is -2.35. The molecule has 21 heavy (non-hydrogen) atoms. The molecular weight excluding hydrogens is 263 g/mol. The van der Waals surface area contributed by atoms with E-state index >= 15 is 0 Å². The van der Waals surface area contributed by atoms with Gasteiger partial charge in [0, 0.05) is 25.2 Å². The van der Waals surface area contributed by atoms with Gasteiger partial charge in [-0.25, -0.2) is 4.39 Å². The van der Waals surface area contributed by atoms with E-state index in [0.717, 1.165) is 31.6 Å². The normalized spacial score (nSPS) is 24.9. The van der Waals surface area contributed by atoms with Crippen LogP contribution in [-0.2, 0) is 6.54 Å². The highest BCUT2D eigenvalue weighted by atomic mass is 19.1. The quantitative estimate of drug-likeness (QED) is 0.893. The van der Waals surface area contributed by atoms with Crippen LogP contribution in [-0.4, -0.2) is 30.1 Å². The topological polar surface area (TPSA) is 15.3 Å². The molecule has 1 aromatic carbocycles. The van der Waals surface area contributed by atoms with Crippen LogP contribution in [0.1, 0.15) is 45.2 Å². The predicted octanol–water partition coefficient (Wildman–Crippen LogP) is 3.73. The minimum absolute atomic E-state index is 0.136. The van der Waals surface area contributed by atoms with Gasteiger partial charge in [-0.3, -0.25) is 4.90 Å². The largest absolute Gasteiger partial charge is 0.312 e. The molecule has 1 heterocycles. The summed E-state index contributed by atoms with van der Waals surface area (Å²) in [5.41, 5.74) is 2.52. The maximum absolute atomic E-state index is 13.5. The molecule has 1 aromatic rings. The van der Waals surface area contributed by atoms with Crippen LogP contribution in [0, 0.1) is 18.2 Å². The van der Waals surface area contributed by atoms with Crippen molar-refractivity contribution in [2.75, 3.05) is 13.1 Å². The second-order valence-corrected chi connectivity index (χ2v) is 7.51. The number of nitrogens with zero attached hydrogens (tertiary/aromatic N) is 1. The first-order valence-corrected chi connectivity index (χ1v) is 8.00. The Balaban J connectivity index is 2.17. The van der Waals surface area contributed by atoms with Gasteiger partial charge in [0.15, 0.2) is 0 Å². The van der Waals surface area contributed by atoms with Crippen LogP contribution >= 0.6 is 0 Å². The summed E-state index contributed by atoms with van der Waals surface area (Å²) in [5, 5.41) is 3.68. The van der Waals surface area contributed by atoms with Crippen LogP contribution in [0.2, 0.25) is 0 Å². The average Bonchev–Trinajstić information content (AvgIpc) is 2.56. The third-order valence-corrected chi connectivity index (χ3v) is 4.72. The fourth-order valence-corrected chi connectivity index (χ4v) is 2.96. The van der Waals surface area contributed by atoms with E-state index in [4.69, 9.17) is 0 Å². The summed E-state index contributed by atoms with van der Waals surface area (Å²) in [7, 11) is 0. The molecule has 2 unspecified atom stereocenters. The van der Waals surface area contributed by atoms with Gasteiger partial charge >= 0.3 is 0 Å². The zero-order valence-corrected chi connectivity index (χ0v) is 14.0. The average molecular weight is 292 g/mol. The van der Waals surface area contributed by atoms with Crippen molar-refractivity contribution in [3.63, 3.8) is 0 Å². The van der Waals surface area contributed by atoms with Crippen LogP contribution in [0.4, 0.5) is 4.39 Å². The summed E-state index contributed by atoms with van der Waals surface area (Å²) >= 11 is 0. The Morgan fingerprint density at radius 3 is 2.71 bits per heavy atom. The molecule has 0 amide bonds. The highest BCUT2D eigenvalue weighted by Crippen LogP contribution is 2.25. The van der Waals surface area contributed by atoms with E-state index in [0.29, 0.717) is 12.1 Å². The molecule has 118 valence electrons. The molecule has 0 aliphatic carbocycles. The molecule has 0 aromatic heterocycles. The molecule has 0 radical (unpaired) electrons. The molecule has 2 rings (SSSR count). The zero-order valence-electron chi connectivity index (χ0n) is 14.0. The fraction of sp³-hybridized carbons (Fsp3) is 0.667. The fourth-order valence-electron chi connectivity index (χ4n) is 2.96. The Morgan fingerprint density at radius 1 is 1.33 bits per heavy atom. The number of halogens is 1. The van der Waals surface area contributed by atoms with Gasteiger partial charge in [-0.1, -0.05) is 26.8 Å². The number of nitrogens with one attached hydrogen (secondary N) is 1. The molecule has 3 heteroatoms. The van der Waals surface area contributed by atoms with E-state index in [2.05, 4.69) is 44.8 Å². The first-order chi connectivity index (χ1) is 9.77. The summed E-state index contributed by atoms with van der Waals surface area (Å²) in [6, 6.07) is 6.10. The molecule has 0 bridgehead atoms. The van der Waals surface area contributed by atoms with Crippen molar-refractivity contribution in [1.82, 2.24) is 10.2 Å².